The third kappa shape index (κ3) is 2.52. The Kier molecular flexibility index (Phi) is 3.73. The fourth-order valence-corrected chi connectivity index (χ4v) is 4.55. The van der Waals surface area contributed by atoms with Gasteiger partial charge in [0.05, 0.1) is 23.4 Å². The topological polar surface area (TPSA) is 88.2 Å². The van der Waals surface area contributed by atoms with Crippen molar-refractivity contribution in [1.82, 2.24) is 19.9 Å². The number of aromatic nitrogens is 3. The molecule has 0 bridgehead atoms. The van der Waals surface area contributed by atoms with Crippen LogP contribution in [0.5, 0.6) is 0 Å². The molecule has 1 N–H and O–H groups in total. The molecule has 3 aromatic heterocycles. The van der Waals surface area contributed by atoms with Crippen LogP contribution in [0.2, 0.25) is 0 Å². The molecular formula is C22H17F3N4O3. The normalized spacial score (nSPS) is 22.7. The number of nitrogens with one attached hydrogen (secondary N) is 1. The summed E-state index contributed by atoms with van der Waals surface area (Å²) in [6.07, 6.45) is -0.118. The Morgan fingerprint density at radius 1 is 1.25 bits per heavy atom. The van der Waals surface area contributed by atoms with E-state index in [2.05, 4.69) is 15.0 Å². The van der Waals surface area contributed by atoms with Gasteiger partial charge in [-0.15, -0.1) is 0 Å². The summed E-state index contributed by atoms with van der Waals surface area (Å²) < 4.78 is 55.7. The molecule has 164 valence electrons. The Balaban J connectivity index is 1.54. The second kappa shape index (κ2) is 6.24. The molecule has 0 saturated carbocycles. The highest BCUT2D eigenvalue weighted by molar-refractivity contribution is 5.95. The van der Waals surface area contributed by atoms with E-state index in [4.69, 9.17) is 8.83 Å². The first kappa shape index (κ1) is 19.1. The number of hydrogen-bond acceptors (Lipinski definition) is 5. The van der Waals surface area contributed by atoms with Gasteiger partial charge >= 0.3 is 0 Å². The molecule has 0 saturated heterocycles. The fourth-order valence-electron chi connectivity index (χ4n) is 4.55. The van der Waals surface area contributed by atoms with Gasteiger partial charge in [0.25, 0.3) is 5.91 Å². The number of carbonyl (C=O) groups excluding carboxylic acids is 1. The van der Waals surface area contributed by atoms with Crippen LogP contribution in [0.1, 0.15) is 65.3 Å². The number of nitrogens with zero attached hydrogens (tertiary/aromatic N) is 3. The van der Waals surface area contributed by atoms with Gasteiger partial charge in [0.1, 0.15) is 28.9 Å². The van der Waals surface area contributed by atoms with Gasteiger partial charge in [-0.3, -0.25) is 4.79 Å². The molecular weight excluding hydrogens is 425 g/mol. The van der Waals surface area contributed by atoms with Crippen LogP contribution in [-0.2, 0) is 12.1 Å². The van der Waals surface area contributed by atoms with Gasteiger partial charge in [-0.1, -0.05) is 6.07 Å². The Bertz CT molecular complexity index is 1380. The molecule has 5 heterocycles. The number of alkyl halides is 2. The van der Waals surface area contributed by atoms with Crippen LogP contribution in [0.15, 0.2) is 39.4 Å². The van der Waals surface area contributed by atoms with Crippen molar-refractivity contribution in [2.24, 2.45) is 0 Å². The van der Waals surface area contributed by atoms with Crippen LogP contribution < -0.4 is 0 Å². The number of rotatable bonds is 2. The zero-order valence-corrected chi connectivity index (χ0v) is 17.0. The van der Waals surface area contributed by atoms with E-state index in [1.165, 1.54) is 43.3 Å². The quantitative estimate of drug-likeness (QED) is 0.488. The number of oxazole rings is 1. The smallest absolute Gasteiger partial charge is 0.293 e. The lowest BCUT2D eigenvalue weighted by Crippen LogP contribution is -2.52. The predicted molar refractivity (Wildman–Crippen MR) is 105 cm³/mol. The number of imidazole rings is 1. The van der Waals surface area contributed by atoms with E-state index in [0.717, 1.165) is 0 Å². The molecule has 6 rings (SSSR count). The van der Waals surface area contributed by atoms with Crippen molar-refractivity contribution < 1.29 is 26.8 Å². The molecule has 7 nitrogen and oxygen atoms in total. The SMILES string of the molecule is CC(C)(F)c1nc2c(o1)C(=O)N1C(Cc3[nH]cnc3[C@H]1c1cc3c(F)cccc3o1)C2F. The number of fused-ring (bicyclic) bond motifs is 4. The van der Waals surface area contributed by atoms with Gasteiger partial charge in [0.2, 0.25) is 11.7 Å². The van der Waals surface area contributed by atoms with Crippen molar-refractivity contribution in [2.45, 2.75) is 44.2 Å². The van der Waals surface area contributed by atoms with Crippen LogP contribution in [0.4, 0.5) is 13.2 Å². The fraction of sp³-hybridized carbons (Fsp3) is 0.318. The number of amides is 1. The summed E-state index contributed by atoms with van der Waals surface area (Å²) in [5, 5.41) is 0.241. The maximum atomic E-state index is 15.7. The second-order valence-corrected chi connectivity index (χ2v) is 8.56. The number of furan rings is 1. The number of benzene rings is 1. The number of carbonyl (C=O) groups is 1. The minimum absolute atomic E-state index is 0.147. The van der Waals surface area contributed by atoms with E-state index in [0.29, 0.717) is 17.0 Å². The summed E-state index contributed by atoms with van der Waals surface area (Å²) in [6.45, 7) is 2.44. The van der Waals surface area contributed by atoms with Crippen molar-refractivity contribution >= 4 is 16.9 Å². The van der Waals surface area contributed by atoms with Crippen LogP contribution in [0.25, 0.3) is 11.0 Å². The van der Waals surface area contributed by atoms with Gasteiger partial charge in [0, 0.05) is 12.1 Å². The largest absolute Gasteiger partial charge is 0.458 e. The monoisotopic (exact) mass is 442 g/mol. The minimum atomic E-state index is -1.99. The molecule has 0 spiro atoms. The molecule has 10 heteroatoms. The number of halogens is 3. The molecule has 0 fully saturated rings. The van der Waals surface area contributed by atoms with Crippen molar-refractivity contribution in [2.75, 3.05) is 0 Å². The average Bonchev–Trinajstić information content (AvgIpc) is 3.47. The lowest BCUT2D eigenvalue weighted by atomic mass is 9.87. The summed E-state index contributed by atoms with van der Waals surface area (Å²) >= 11 is 0. The zero-order valence-electron chi connectivity index (χ0n) is 17.0. The van der Waals surface area contributed by atoms with E-state index >= 15 is 4.39 Å². The third-order valence-corrected chi connectivity index (χ3v) is 6.05. The molecule has 3 atom stereocenters. The van der Waals surface area contributed by atoms with Crippen molar-refractivity contribution in [3.05, 3.63) is 70.9 Å². The third-order valence-electron chi connectivity index (χ3n) is 6.05. The van der Waals surface area contributed by atoms with Gasteiger partial charge in [0.15, 0.2) is 11.8 Å². The van der Waals surface area contributed by atoms with Crippen LogP contribution in [0, 0.1) is 5.82 Å². The lowest BCUT2D eigenvalue weighted by Gasteiger charge is -2.43. The van der Waals surface area contributed by atoms with E-state index < -0.39 is 35.6 Å². The average molecular weight is 442 g/mol. The van der Waals surface area contributed by atoms with E-state index in [1.54, 1.807) is 6.07 Å². The molecule has 2 aliphatic rings. The van der Waals surface area contributed by atoms with Gasteiger partial charge in [-0.2, -0.15) is 0 Å². The standard InChI is InChI=1S/C22H17F3N4O3/c1-22(2,25)21-28-17-15(24)12-7-11-16(27-8-26-11)18(29(12)20(30)19(17)32-21)14-6-9-10(23)4-3-5-13(9)31-14/h3-6,8,12,15,18H,7H2,1-2H3,(H,26,27)/t12?,15?,18-/m1/s1. The summed E-state index contributed by atoms with van der Waals surface area (Å²) in [4.78, 5) is 26.1. The molecule has 32 heavy (non-hydrogen) atoms. The minimum Gasteiger partial charge on any atom is -0.458 e. The van der Waals surface area contributed by atoms with Crippen LogP contribution >= 0.6 is 0 Å². The summed E-state index contributed by atoms with van der Waals surface area (Å²) in [6, 6.07) is 4.03. The Hall–Kier alpha value is -3.56. The maximum Gasteiger partial charge on any atom is 0.293 e. The van der Waals surface area contributed by atoms with Crippen LogP contribution in [-0.4, -0.2) is 31.8 Å². The predicted octanol–water partition coefficient (Wildman–Crippen LogP) is 4.67. The summed E-state index contributed by atoms with van der Waals surface area (Å²) in [7, 11) is 0. The van der Waals surface area contributed by atoms with Gasteiger partial charge < -0.3 is 18.7 Å². The Morgan fingerprint density at radius 2 is 2.06 bits per heavy atom. The summed E-state index contributed by atoms with van der Waals surface area (Å²) in [5.74, 6) is -1.61. The molecule has 4 aromatic rings. The number of hydrogen-bond donors (Lipinski definition) is 1. The van der Waals surface area contributed by atoms with Gasteiger partial charge in [-0.05, 0) is 32.0 Å². The first-order valence-corrected chi connectivity index (χ1v) is 10.1. The molecule has 0 aliphatic carbocycles. The second-order valence-electron chi connectivity index (χ2n) is 8.56. The molecule has 0 radical (unpaired) electrons. The highest BCUT2D eigenvalue weighted by Gasteiger charge is 2.52. The van der Waals surface area contributed by atoms with E-state index in [-0.39, 0.29) is 34.9 Å². The lowest BCUT2D eigenvalue weighted by molar-refractivity contribution is 0.0262. The van der Waals surface area contributed by atoms with Crippen molar-refractivity contribution in [3.63, 3.8) is 0 Å². The Labute approximate surface area is 179 Å². The molecule has 1 aromatic carbocycles. The van der Waals surface area contributed by atoms with Crippen molar-refractivity contribution in [1.29, 1.82) is 0 Å². The van der Waals surface area contributed by atoms with Crippen LogP contribution in [0.3, 0.4) is 0 Å². The van der Waals surface area contributed by atoms with E-state index in [1.807, 2.05) is 0 Å². The van der Waals surface area contributed by atoms with Crippen molar-refractivity contribution in [3.8, 4) is 0 Å². The first-order chi connectivity index (χ1) is 15.2. The number of H-pyrrole nitrogens is 1. The first-order valence-electron chi connectivity index (χ1n) is 10.1. The zero-order chi connectivity index (χ0) is 22.4. The number of aromatic amines is 1. The highest BCUT2D eigenvalue weighted by atomic mass is 19.1. The molecule has 2 aliphatic heterocycles. The maximum absolute atomic E-state index is 15.7. The molecule has 2 unspecified atom stereocenters. The summed E-state index contributed by atoms with van der Waals surface area (Å²) in [5.41, 5.74) is -0.808. The van der Waals surface area contributed by atoms with E-state index in [9.17, 15) is 13.6 Å². The highest BCUT2D eigenvalue weighted by Crippen LogP contribution is 2.47. The Morgan fingerprint density at radius 3 is 2.81 bits per heavy atom. The molecule has 1 amide bonds. The van der Waals surface area contributed by atoms with Gasteiger partial charge in [-0.25, -0.2) is 23.1 Å².